The minimum absolute atomic E-state index is 0.0956. The molecule has 0 radical (unpaired) electrons. The highest BCUT2D eigenvalue weighted by Crippen LogP contribution is 2.56. The van der Waals surface area contributed by atoms with E-state index in [1.165, 1.54) is 0 Å². The third-order valence-electron chi connectivity index (χ3n) is 2.61. The van der Waals surface area contributed by atoms with Crippen LogP contribution in [0.15, 0.2) is 30.3 Å². The van der Waals surface area contributed by atoms with E-state index >= 15 is 0 Å². The first-order chi connectivity index (χ1) is 10.4. The van der Waals surface area contributed by atoms with E-state index in [1.54, 1.807) is 0 Å². The van der Waals surface area contributed by atoms with Gasteiger partial charge in [0.25, 0.3) is 0 Å². The maximum absolute atomic E-state index is 13.1. The Labute approximate surface area is 140 Å². The average molecular weight is 343 g/mol. The summed E-state index contributed by atoms with van der Waals surface area (Å²) in [4.78, 5) is 0. The molecule has 1 rings (SSSR count). The summed E-state index contributed by atoms with van der Waals surface area (Å²) >= 11 is 0. The van der Waals surface area contributed by atoms with E-state index in [9.17, 15) is 4.57 Å². The van der Waals surface area contributed by atoms with Crippen LogP contribution in [-0.2, 0) is 25.0 Å². The summed E-state index contributed by atoms with van der Waals surface area (Å²) in [5.74, 6) is -0.843. The second-order valence-electron chi connectivity index (χ2n) is 7.52. The van der Waals surface area contributed by atoms with E-state index in [-0.39, 0.29) is 6.61 Å². The molecule has 0 saturated heterocycles. The van der Waals surface area contributed by atoms with Gasteiger partial charge >= 0.3 is 7.60 Å². The molecule has 0 aromatic heterocycles. The molecule has 1 aromatic rings. The monoisotopic (exact) mass is 343 g/mol. The van der Waals surface area contributed by atoms with Gasteiger partial charge in [-0.1, -0.05) is 30.3 Å². The fourth-order valence-corrected chi connectivity index (χ4v) is 4.00. The van der Waals surface area contributed by atoms with Crippen molar-refractivity contribution in [1.82, 2.24) is 0 Å². The van der Waals surface area contributed by atoms with E-state index in [0.717, 1.165) is 5.56 Å². The van der Waals surface area contributed by atoms with Gasteiger partial charge in [-0.3, -0.25) is 4.57 Å². The van der Waals surface area contributed by atoms with Gasteiger partial charge in [-0.15, -0.1) is 0 Å². The van der Waals surface area contributed by atoms with Gasteiger partial charge in [0.1, 0.15) is 5.78 Å². The average Bonchev–Trinajstić information content (AvgIpc) is 2.35. The van der Waals surface area contributed by atoms with Crippen molar-refractivity contribution in [3.05, 3.63) is 35.9 Å². The summed E-state index contributed by atoms with van der Waals surface area (Å²) in [5, 5.41) is 0. The van der Waals surface area contributed by atoms with Crippen LogP contribution in [-0.4, -0.2) is 23.6 Å². The minimum atomic E-state index is -3.52. The molecule has 0 saturated carbocycles. The summed E-state index contributed by atoms with van der Waals surface area (Å²) in [7, 11) is -3.52. The molecule has 1 aromatic carbocycles. The highest BCUT2D eigenvalue weighted by atomic mass is 31.2. The van der Waals surface area contributed by atoms with Crippen molar-refractivity contribution in [2.24, 2.45) is 5.73 Å². The van der Waals surface area contributed by atoms with Crippen LogP contribution < -0.4 is 5.73 Å². The van der Waals surface area contributed by atoms with E-state index in [1.807, 2.05) is 71.9 Å². The van der Waals surface area contributed by atoms with Crippen LogP contribution in [0, 0.1) is 0 Å². The van der Waals surface area contributed by atoms with Crippen molar-refractivity contribution in [3.8, 4) is 0 Å². The zero-order valence-electron chi connectivity index (χ0n) is 15.0. The second kappa shape index (κ2) is 7.91. The zero-order valence-corrected chi connectivity index (χ0v) is 15.9. The molecule has 0 spiro atoms. The summed E-state index contributed by atoms with van der Waals surface area (Å²) < 4.78 is 30.1. The molecule has 0 aliphatic rings. The molecule has 0 unspecified atom stereocenters. The molecule has 0 fully saturated rings. The van der Waals surface area contributed by atoms with Crippen molar-refractivity contribution in [3.63, 3.8) is 0 Å². The summed E-state index contributed by atoms with van der Waals surface area (Å²) in [6.45, 7) is 11.4. The SMILES string of the molecule is CC(C)(C)OP(=O)(OC(C)(C)C)[C@H](N)COCc1ccccc1. The lowest BCUT2D eigenvalue weighted by molar-refractivity contribution is 0.0363. The first kappa shape index (κ1) is 20.3. The maximum atomic E-state index is 13.1. The molecule has 6 heteroatoms. The summed E-state index contributed by atoms with van der Waals surface area (Å²) in [6, 6.07) is 9.74. The molecular formula is C17H30NO4P. The van der Waals surface area contributed by atoms with Gasteiger partial charge in [0.2, 0.25) is 0 Å². The van der Waals surface area contributed by atoms with Crippen molar-refractivity contribution in [2.45, 2.75) is 65.1 Å². The van der Waals surface area contributed by atoms with Crippen molar-refractivity contribution >= 4 is 7.60 Å². The van der Waals surface area contributed by atoms with E-state index in [4.69, 9.17) is 19.5 Å². The molecule has 132 valence electrons. The lowest BCUT2D eigenvalue weighted by Gasteiger charge is -2.34. The molecule has 2 N–H and O–H groups in total. The quantitative estimate of drug-likeness (QED) is 0.747. The van der Waals surface area contributed by atoms with Crippen molar-refractivity contribution in [2.75, 3.05) is 6.61 Å². The van der Waals surface area contributed by atoms with E-state index < -0.39 is 24.6 Å². The molecule has 0 bridgehead atoms. The van der Waals surface area contributed by atoms with Crippen LogP contribution in [0.4, 0.5) is 0 Å². The highest BCUT2D eigenvalue weighted by molar-refractivity contribution is 7.54. The van der Waals surface area contributed by atoms with Crippen LogP contribution in [0.2, 0.25) is 0 Å². The standard InChI is InChI=1S/C17H30NO4P/c1-16(2,3)21-23(19,22-17(4,5)6)15(18)13-20-12-14-10-8-7-9-11-14/h7-11,15H,12-13,18H2,1-6H3/t15-/m0/s1. The molecule has 23 heavy (non-hydrogen) atoms. The predicted octanol–water partition coefficient (Wildman–Crippen LogP) is 4.31. The summed E-state index contributed by atoms with van der Waals surface area (Å²) in [5.41, 5.74) is 5.87. The topological polar surface area (TPSA) is 70.8 Å². The van der Waals surface area contributed by atoms with Gasteiger partial charge in [0, 0.05) is 0 Å². The Morgan fingerprint density at radius 2 is 1.48 bits per heavy atom. The molecule has 5 nitrogen and oxygen atoms in total. The van der Waals surface area contributed by atoms with Gasteiger partial charge in [-0.2, -0.15) is 0 Å². The van der Waals surface area contributed by atoms with Crippen LogP contribution in [0.3, 0.4) is 0 Å². The first-order valence-corrected chi connectivity index (χ1v) is 9.41. The van der Waals surface area contributed by atoms with Crippen LogP contribution in [0.5, 0.6) is 0 Å². The molecule has 0 aliphatic heterocycles. The van der Waals surface area contributed by atoms with Crippen molar-refractivity contribution in [1.29, 1.82) is 0 Å². The fourth-order valence-electron chi connectivity index (χ4n) is 1.88. The van der Waals surface area contributed by atoms with E-state index in [2.05, 4.69) is 0 Å². The molecule has 0 heterocycles. The Balaban J connectivity index is 2.71. The third kappa shape index (κ3) is 8.09. The molecule has 0 aliphatic carbocycles. The number of hydrogen-bond acceptors (Lipinski definition) is 5. The van der Waals surface area contributed by atoms with Gasteiger partial charge in [0.05, 0.1) is 24.4 Å². The smallest absolute Gasteiger partial charge is 0.350 e. The first-order valence-electron chi connectivity index (χ1n) is 7.80. The maximum Gasteiger partial charge on any atom is 0.350 e. The van der Waals surface area contributed by atoms with Crippen LogP contribution in [0.1, 0.15) is 47.1 Å². The molecule has 0 amide bonds. The number of ether oxygens (including phenoxy) is 1. The fraction of sp³-hybridized carbons (Fsp3) is 0.647. The van der Waals surface area contributed by atoms with Crippen LogP contribution in [0.25, 0.3) is 0 Å². The number of benzene rings is 1. The number of hydrogen-bond donors (Lipinski definition) is 1. The number of rotatable bonds is 7. The van der Waals surface area contributed by atoms with Gasteiger partial charge < -0.3 is 19.5 Å². The Morgan fingerprint density at radius 3 is 1.91 bits per heavy atom. The number of nitrogens with two attached hydrogens (primary N) is 1. The van der Waals surface area contributed by atoms with E-state index in [0.29, 0.717) is 6.61 Å². The van der Waals surface area contributed by atoms with Crippen molar-refractivity contribution < 1.29 is 18.3 Å². The van der Waals surface area contributed by atoms with Crippen LogP contribution >= 0.6 is 7.60 Å². The van der Waals surface area contributed by atoms with Gasteiger partial charge in [-0.25, -0.2) is 0 Å². The summed E-state index contributed by atoms with van der Waals surface area (Å²) in [6.07, 6.45) is 0. The third-order valence-corrected chi connectivity index (χ3v) is 5.17. The minimum Gasteiger partial charge on any atom is -0.374 e. The lowest BCUT2D eigenvalue weighted by Crippen LogP contribution is -2.35. The second-order valence-corrected chi connectivity index (χ2v) is 9.62. The Bertz CT molecular complexity index is 500. The Morgan fingerprint density at radius 1 is 1.00 bits per heavy atom. The zero-order chi connectivity index (χ0) is 17.7. The van der Waals surface area contributed by atoms with Gasteiger partial charge in [0.15, 0.2) is 0 Å². The predicted molar refractivity (Wildman–Crippen MR) is 93.4 cm³/mol. The highest BCUT2D eigenvalue weighted by Gasteiger charge is 2.41. The lowest BCUT2D eigenvalue weighted by atomic mass is 10.2. The molecule has 1 atom stereocenters. The Hall–Kier alpha value is -0.710. The normalized spacial score (nSPS) is 14.7. The molecular weight excluding hydrogens is 313 g/mol. The largest absolute Gasteiger partial charge is 0.374 e. The Kier molecular flexibility index (Phi) is 6.99. The van der Waals surface area contributed by atoms with Gasteiger partial charge in [-0.05, 0) is 47.1 Å².